The van der Waals surface area contributed by atoms with E-state index in [1.807, 2.05) is 30.3 Å². The highest BCUT2D eigenvalue weighted by atomic mass is 79.9. The summed E-state index contributed by atoms with van der Waals surface area (Å²) in [6, 6.07) is 19.0. The molecule has 0 aliphatic carbocycles. The van der Waals surface area contributed by atoms with Crippen molar-refractivity contribution in [2.45, 2.75) is 0 Å². The minimum atomic E-state index is -0.538. The van der Waals surface area contributed by atoms with E-state index in [0.29, 0.717) is 36.4 Å². The van der Waals surface area contributed by atoms with Gasteiger partial charge in [0.1, 0.15) is 0 Å². The van der Waals surface area contributed by atoms with Crippen LogP contribution in [-0.2, 0) is 9.53 Å². The van der Waals surface area contributed by atoms with Crippen molar-refractivity contribution in [2.24, 2.45) is 4.99 Å². The van der Waals surface area contributed by atoms with Crippen molar-refractivity contribution >= 4 is 67.4 Å². The SMILES string of the molecule is O=C1OC(c2ccccc2)=N/C1=C\c1cc(Br)c(OC(=O)c2ccc(Cl)cc2)c(Br)c1. The number of hydrogen-bond donors (Lipinski definition) is 0. The van der Waals surface area contributed by atoms with Gasteiger partial charge in [-0.2, -0.15) is 0 Å². The second kappa shape index (κ2) is 9.18. The number of carbonyl (C=O) groups excluding carboxylic acids is 2. The zero-order valence-corrected chi connectivity index (χ0v) is 19.6. The maximum Gasteiger partial charge on any atom is 0.363 e. The fourth-order valence-electron chi connectivity index (χ4n) is 2.77. The van der Waals surface area contributed by atoms with Crippen molar-refractivity contribution in [3.8, 4) is 5.75 Å². The van der Waals surface area contributed by atoms with Gasteiger partial charge >= 0.3 is 11.9 Å². The Hall–Kier alpha value is -2.74. The van der Waals surface area contributed by atoms with Crippen LogP contribution in [0.25, 0.3) is 6.08 Å². The largest absolute Gasteiger partial charge is 0.421 e. The molecule has 0 radical (unpaired) electrons. The van der Waals surface area contributed by atoms with Crippen molar-refractivity contribution in [1.82, 2.24) is 0 Å². The van der Waals surface area contributed by atoms with E-state index in [4.69, 9.17) is 21.1 Å². The second-order valence-corrected chi connectivity index (χ2v) is 8.56. The lowest BCUT2D eigenvalue weighted by Gasteiger charge is -2.10. The van der Waals surface area contributed by atoms with E-state index in [9.17, 15) is 9.59 Å². The molecule has 0 bridgehead atoms. The van der Waals surface area contributed by atoms with Crippen LogP contribution < -0.4 is 4.74 Å². The lowest BCUT2D eigenvalue weighted by atomic mass is 10.2. The van der Waals surface area contributed by atoms with Crippen LogP contribution in [0.3, 0.4) is 0 Å². The number of benzene rings is 3. The summed E-state index contributed by atoms with van der Waals surface area (Å²) < 4.78 is 11.8. The summed E-state index contributed by atoms with van der Waals surface area (Å²) in [5, 5.41) is 0.528. The number of rotatable bonds is 4. The van der Waals surface area contributed by atoms with Crippen LogP contribution in [0.1, 0.15) is 21.5 Å². The summed E-state index contributed by atoms with van der Waals surface area (Å²) in [7, 11) is 0. The predicted molar refractivity (Wildman–Crippen MR) is 125 cm³/mol. The molecule has 0 spiro atoms. The summed E-state index contributed by atoms with van der Waals surface area (Å²) in [6.45, 7) is 0. The molecule has 0 saturated carbocycles. The van der Waals surface area contributed by atoms with Crippen molar-refractivity contribution < 1.29 is 19.1 Å². The highest BCUT2D eigenvalue weighted by Crippen LogP contribution is 2.36. The van der Waals surface area contributed by atoms with Gasteiger partial charge in [0, 0.05) is 10.6 Å². The van der Waals surface area contributed by atoms with E-state index in [1.54, 1.807) is 42.5 Å². The molecule has 3 aromatic carbocycles. The molecule has 1 heterocycles. The number of aliphatic imine (C=N–C) groups is 1. The Morgan fingerprint density at radius 1 is 1.00 bits per heavy atom. The van der Waals surface area contributed by atoms with Gasteiger partial charge in [-0.1, -0.05) is 29.8 Å². The highest BCUT2D eigenvalue weighted by Gasteiger charge is 2.24. The fraction of sp³-hybridized carbons (Fsp3) is 0. The summed E-state index contributed by atoms with van der Waals surface area (Å²) in [5.74, 6) is -0.502. The molecule has 0 N–H and O–H groups in total. The summed E-state index contributed by atoms with van der Waals surface area (Å²) in [6.07, 6.45) is 1.60. The molecule has 31 heavy (non-hydrogen) atoms. The third kappa shape index (κ3) is 4.95. The summed E-state index contributed by atoms with van der Waals surface area (Å²) >= 11 is 12.7. The van der Waals surface area contributed by atoms with Gasteiger partial charge in [-0.3, -0.25) is 0 Å². The van der Waals surface area contributed by atoms with Crippen molar-refractivity contribution in [2.75, 3.05) is 0 Å². The van der Waals surface area contributed by atoms with Gasteiger partial charge in [0.05, 0.1) is 14.5 Å². The topological polar surface area (TPSA) is 65.0 Å². The standard InChI is InChI=1S/C23H12Br2ClNO4/c24-17-10-13(12-19-23(29)31-21(27-19)14-4-2-1-3-5-14)11-18(25)20(17)30-22(28)15-6-8-16(26)9-7-15/h1-12H/b19-12-. The lowest BCUT2D eigenvalue weighted by molar-refractivity contribution is -0.129. The van der Waals surface area contributed by atoms with Crippen molar-refractivity contribution in [3.63, 3.8) is 0 Å². The number of cyclic esters (lactones) is 1. The van der Waals surface area contributed by atoms with E-state index in [0.717, 1.165) is 0 Å². The third-order valence-electron chi connectivity index (χ3n) is 4.24. The number of hydrogen-bond acceptors (Lipinski definition) is 5. The van der Waals surface area contributed by atoms with Gasteiger partial charge in [0.15, 0.2) is 11.4 Å². The first-order valence-electron chi connectivity index (χ1n) is 8.95. The smallest absolute Gasteiger partial charge is 0.363 e. The van der Waals surface area contributed by atoms with Crippen LogP contribution >= 0.6 is 43.5 Å². The van der Waals surface area contributed by atoms with Gasteiger partial charge < -0.3 is 9.47 Å². The minimum absolute atomic E-state index is 0.170. The number of carbonyl (C=O) groups is 2. The van der Waals surface area contributed by atoms with Crippen molar-refractivity contribution in [3.05, 3.63) is 103 Å². The molecule has 1 aliphatic heterocycles. The van der Waals surface area contributed by atoms with Gasteiger partial charge in [0.2, 0.25) is 5.90 Å². The Morgan fingerprint density at radius 3 is 2.29 bits per heavy atom. The Kier molecular flexibility index (Phi) is 6.36. The summed E-state index contributed by atoms with van der Waals surface area (Å²) in [4.78, 5) is 28.9. The van der Waals surface area contributed by atoms with Crippen LogP contribution in [-0.4, -0.2) is 17.8 Å². The van der Waals surface area contributed by atoms with E-state index in [1.165, 1.54) is 0 Å². The zero-order chi connectivity index (χ0) is 22.0. The van der Waals surface area contributed by atoms with E-state index in [2.05, 4.69) is 36.9 Å². The van der Waals surface area contributed by atoms with Gasteiger partial charge in [-0.15, -0.1) is 0 Å². The lowest BCUT2D eigenvalue weighted by Crippen LogP contribution is -2.09. The van der Waals surface area contributed by atoms with Crippen LogP contribution in [0.2, 0.25) is 5.02 Å². The molecular weight excluding hydrogens is 550 g/mol. The number of halogens is 3. The average Bonchev–Trinajstić information content (AvgIpc) is 3.12. The molecule has 1 aliphatic rings. The molecule has 5 nitrogen and oxygen atoms in total. The maximum atomic E-state index is 12.4. The average molecular weight is 562 g/mol. The number of esters is 2. The molecular formula is C23H12Br2ClNO4. The maximum absolute atomic E-state index is 12.4. The third-order valence-corrected chi connectivity index (χ3v) is 5.67. The molecule has 8 heteroatoms. The van der Waals surface area contributed by atoms with E-state index in [-0.39, 0.29) is 11.6 Å². The molecule has 0 unspecified atom stereocenters. The Morgan fingerprint density at radius 2 is 1.65 bits per heavy atom. The van der Waals surface area contributed by atoms with Crippen molar-refractivity contribution in [1.29, 1.82) is 0 Å². The van der Waals surface area contributed by atoms with Gasteiger partial charge in [0.25, 0.3) is 0 Å². The molecule has 154 valence electrons. The van der Waals surface area contributed by atoms with Gasteiger partial charge in [-0.25, -0.2) is 14.6 Å². The molecule has 0 saturated heterocycles. The second-order valence-electron chi connectivity index (χ2n) is 6.41. The van der Waals surface area contributed by atoms with Crippen LogP contribution in [0.5, 0.6) is 5.75 Å². The van der Waals surface area contributed by atoms with Crippen LogP contribution in [0.4, 0.5) is 0 Å². The monoisotopic (exact) mass is 559 g/mol. The fourth-order valence-corrected chi connectivity index (χ4v) is 4.28. The quantitative estimate of drug-likeness (QED) is 0.209. The molecule has 3 aromatic rings. The van der Waals surface area contributed by atoms with Gasteiger partial charge in [-0.05, 0) is 92.0 Å². The molecule has 0 fully saturated rings. The Balaban J connectivity index is 1.58. The van der Waals surface area contributed by atoms with Crippen LogP contribution in [0, 0.1) is 0 Å². The predicted octanol–water partition coefficient (Wildman–Crippen LogP) is 6.43. The van der Waals surface area contributed by atoms with Crippen LogP contribution in [0.15, 0.2) is 86.4 Å². The number of ether oxygens (including phenoxy) is 2. The highest BCUT2D eigenvalue weighted by molar-refractivity contribution is 9.11. The minimum Gasteiger partial charge on any atom is -0.421 e. The first-order valence-corrected chi connectivity index (χ1v) is 10.9. The van der Waals surface area contributed by atoms with E-state index < -0.39 is 11.9 Å². The first kappa shape index (κ1) is 21.5. The Labute approximate surface area is 199 Å². The summed E-state index contributed by atoms with van der Waals surface area (Å²) in [5.41, 5.74) is 1.91. The molecule has 4 rings (SSSR count). The molecule has 0 atom stereocenters. The van der Waals surface area contributed by atoms with E-state index >= 15 is 0 Å². The zero-order valence-electron chi connectivity index (χ0n) is 15.6. The Bertz CT molecular complexity index is 1220. The first-order chi connectivity index (χ1) is 14.9. The molecule has 0 aromatic heterocycles. The normalized spacial score (nSPS) is 14.4. The number of nitrogens with zero attached hydrogens (tertiary/aromatic N) is 1. The molecule has 0 amide bonds.